The molecule has 0 fully saturated rings. The summed E-state index contributed by atoms with van der Waals surface area (Å²) in [5.41, 5.74) is -8.90. The molecule has 13 nitrogen and oxygen atoms in total. The summed E-state index contributed by atoms with van der Waals surface area (Å²) in [5, 5.41) is 45.1. The van der Waals surface area contributed by atoms with Gasteiger partial charge in [-0.3, -0.25) is 40.5 Å². The van der Waals surface area contributed by atoms with Crippen LogP contribution in [0.1, 0.15) is 5.56 Å². The van der Waals surface area contributed by atoms with Crippen molar-refractivity contribution in [1.29, 1.82) is 0 Å². The van der Waals surface area contributed by atoms with Crippen molar-refractivity contribution in [3.8, 4) is 0 Å². The van der Waals surface area contributed by atoms with Crippen LogP contribution in [-0.4, -0.2) is 19.7 Å². The number of nitro benzene ring substituents is 4. The number of nitro groups is 4. The molecule has 0 heterocycles. The molecule has 1 N–H and O–H groups in total. The molecule has 0 saturated carbocycles. The Morgan fingerprint density at radius 1 is 0.733 bits per heavy atom. The summed E-state index contributed by atoms with van der Waals surface area (Å²) in [6, 6.07) is 1.14. The van der Waals surface area contributed by atoms with Crippen LogP contribution in [0.15, 0.2) is 24.3 Å². The van der Waals surface area contributed by atoms with Gasteiger partial charge in [0.15, 0.2) is 0 Å². The molecule has 0 bridgehead atoms. The minimum Gasteiger partial charge on any atom is -0.343 e. The lowest BCUT2D eigenvalue weighted by Crippen LogP contribution is -2.12. The lowest BCUT2D eigenvalue weighted by molar-refractivity contribution is -0.394. The van der Waals surface area contributed by atoms with E-state index in [0.29, 0.717) is 12.1 Å². The van der Waals surface area contributed by atoms with Crippen LogP contribution < -0.4 is 5.32 Å². The second-order valence-corrected chi connectivity index (χ2v) is 5.77. The summed E-state index contributed by atoms with van der Waals surface area (Å²) in [5.74, 6) is 0. The normalized spacial score (nSPS) is 11.1. The first-order chi connectivity index (χ1) is 13.7. The van der Waals surface area contributed by atoms with Crippen molar-refractivity contribution in [3.05, 3.63) is 75.3 Å². The van der Waals surface area contributed by atoms with Crippen LogP contribution in [0.5, 0.6) is 0 Å². The number of halogens is 4. The molecule has 0 aromatic heterocycles. The second-order valence-electron chi connectivity index (χ2n) is 5.36. The van der Waals surface area contributed by atoms with E-state index in [9.17, 15) is 53.6 Å². The summed E-state index contributed by atoms with van der Waals surface area (Å²) in [4.78, 5) is 39.2. The Kier molecular flexibility index (Phi) is 5.73. The van der Waals surface area contributed by atoms with E-state index in [1.807, 2.05) is 0 Å². The molecule has 2 rings (SSSR count). The van der Waals surface area contributed by atoms with E-state index in [1.165, 1.54) is 0 Å². The smallest absolute Gasteiger partial charge is 0.343 e. The zero-order valence-corrected chi connectivity index (χ0v) is 14.6. The molecule has 158 valence electrons. The number of benzene rings is 2. The van der Waals surface area contributed by atoms with Gasteiger partial charge in [0.1, 0.15) is 11.4 Å². The third-order valence-electron chi connectivity index (χ3n) is 3.53. The van der Waals surface area contributed by atoms with Crippen LogP contribution in [0, 0.1) is 40.5 Å². The Hall–Kier alpha value is -4.08. The molecule has 0 aliphatic rings. The van der Waals surface area contributed by atoms with E-state index in [2.05, 4.69) is 0 Å². The molecule has 0 amide bonds. The van der Waals surface area contributed by atoms with E-state index in [1.54, 1.807) is 5.32 Å². The van der Waals surface area contributed by atoms with Gasteiger partial charge in [-0.05, 0) is 0 Å². The molecule has 2 aromatic carbocycles. The van der Waals surface area contributed by atoms with Gasteiger partial charge < -0.3 is 5.32 Å². The quantitative estimate of drug-likeness (QED) is 0.478. The first-order valence-corrected chi connectivity index (χ1v) is 7.55. The SMILES string of the molecule is O=[N+]([O-])c1cc(Cl)c(Nc2c([N+](=O)[O-])cc([N+](=O)[O-])cc2C(F)(F)F)c([N+](=O)[O-])c1. The molecular formula is C13H5ClF3N5O8. The van der Waals surface area contributed by atoms with E-state index in [0.717, 1.165) is 0 Å². The van der Waals surface area contributed by atoms with Crippen LogP contribution in [0.3, 0.4) is 0 Å². The number of hydrogen-bond acceptors (Lipinski definition) is 9. The summed E-state index contributed by atoms with van der Waals surface area (Å²) < 4.78 is 40.3. The standard InChI is InChI=1S/C13H5ClF3N5O8/c14-8-2-6(20(25)26)4-10(22(29)30)12(8)18-11-7(13(15,16)17)1-5(19(23)24)3-9(11)21(27)28/h1-4,18H. The van der Waals surface area contributed by atoms with Crippen molar-refractivity contribution >= 4 is 45.7 Å². The first-order valence-electron chi connectivity index (χ1n) is 7.17. The Morgan fingerprint density at radius 2 is 1.17 bits per heavy atom. The predicted molar refractivity (Wildman–Crippen MR) is 92.8 cm³/mol. The third-order valence-corrected chi connectivity index (χ3v) is 3.82. The fraction of sp³-hybridized carbons (Fsp3) is 0.0769. The van der Waals surface area contributed by atoms with Gasteiger partial charge in [-0.1, -0.05) is 11.6 Å². The average molecular weight is 452 g/mol. The van der Waals surface area contributed by atoms with Crippen LogP contribution in [0.2, 0.25) is 5.02 Å². The van der Waals surface area contributed by atoms with Gasteiger partial charge in [-0.25, -0.2) is 0 Å². The number of hydrogen-bond donors (Lipinski definition) is 1. The lowest BCUT2D eigenvalue weighted by Gasteiger charge is -2.15. The molecule has 0 unspecified atom stereocenters. The van der Waals surface area contributed by atoms with Gasteiger partial charge in [-0.15, -0.1) is 0 Å². The van der Waals surface area contributed by atoms with Gasteiger partial charge in [0.05, 0.1) is 42.4 Å². The Labute approximate surface area is 166 Å². The van der Waals surface area contributed by atoms with E-state index in [4.69, 9.17) is 11.6 Å². The maximum atomic E-state index is 13.4. The predicted octanol–water partition coefficient (Wildman–Crippen LogP) is 4.74. The maximum absolute atomic E-state index is 13.4. The largest absolute Gasteiger partial charge is 0.418 e. The summed E-state index contributed by atoms with van der Waals surface area (Å²) in [6.45, 7) is 0. The topological polar surface area (TPSA) is 185 Å². The highest BCUT2D eigenvalue weighted by Crippen LogP contribution is 2.46. The zero-order chi connectivity index (χ0) is 23.0. The average Bonchev–Trinajstić information content (AvgIpc) is 2.61. The van der Waals surface area contributed by atoms with Crippen LogP contribution in [-0.2, 0) is 6.18 Å². The fourth-order valence-electron chi connectivity index (χ4n) is 2.29. The molecule has 2 aromatic rings. The van der Waals surface area contributed by atoms with E-state index in [-0.39, 0.29) is 12.1 Å². The number of anilines is 2. The molecule has 0 aliphatic heterocycles. The van der Waals surface area contributed by atoms with Crippen LogP contribution >= 0.6 is 11.6 Å². The number of rotatable bonds is 6. The highest BCUT2D eigenvalue weighted by Gasteiger charge is 2.40. The molecule has 0 aliphatic carbocycles. The van der Waals surface area contributed by atoms with Gasteiger partial charge in [0.25, 0.3) is 17.1 Å². The van der Waals surface area contributed by atoms with Gasteiger partial charge in [-0.2, -0.15) is 13.2 Å². The van der Waals surface area contributed by atoms with Crippen molar-refractivity contribution < 1.29 is 32.9 Å². The lowest BCUT2D eigenvalue weighted by atomic mass is 10.1. The Bertz CT molecular complexity index is 1110. The van der Waals surface area contributed by atoms with Gasteiger partial charge >= 0.3 is 11.9 Å². The number of non-ortho nitro benzene ring substituents is 2. The molecule has 17 heteroatoms. The van der Waals surface area contributed by atoms with E-state index < -0.39 is 70.6 Å². The highest BCUT2D eigenvalue weighted by atomic mass is 35.5. The van der Waals surface area contributed by atoms with Crippen molar-refractivity contribution in [3.63, 3.8) is 0 Å². The molecule has 30 heavy (non-hydrogen) atoms. The Balaban J connectivity index is 2.86. The van der Waals surface area contributed by atoms with Gasteiger partial charge in [0.2, 0.25) is 0 Å². The molecule has 0 saturated heterocycles. The molecule has 0 atom stereocenters. The monoisotopic (exact) mass is 451 g/mol. The van der Waals surface area contributed by atoms with Crippen LogP contribution in [0.25, 0.3) is 0 Å². The van der Waals surface area contributed by atoms with E-state index >= 15 is 0 Å². The fourth-order valence-corrected chi connectivity index (χ4v) is 2.55. The van der Waals surface area contributed by atoms with Crippen molar-refractivity contribution in [2.24, 2.45) is 0 Å². The minimum absolute atomic E-state index is 0.0134. The molecule has 0 radical (unpaired) electrons. The van der Waals surface area contributed by atoms with Gasteiger partial charge in [0, 0.05) is 12.1 Å². The van der Waals surface area contributed by atoms with Crippen LogP contribution in [0.4, 0.5) is 47.3 Å². The molecular weight excluding hydrogens is 447 g/mol. The minimum atomic E-state index is -5.36. The maximum Gasteiger partial charge on any atom is 0.418 e. The van der Waals surface area contributed by atoms with Crippen molar-refractivity contribution in [2.75, 3.05) is 5.32 Å². The second kappa shape index (κ2) is 7.74. The summed E-state index contributed by atoms with van der Waals surface area (Å²) >= 11 is 5.72. The van der Waals surface area contributed by atoms with Crippen molar-refractivity contribution in [2.45, 2.75) is 6.18 Å². The summed E-state index contributed by atoms with van der Waals surface area (Å²) in [6.07, 6.45) is -5.36. The zero-order valence-electron chi connectivity index (χ0n) is 13.9. The van der Waals surface area contributed by atoms with Crippen molar-refractivity contribution in [1.82, 2.24) is 0 Å². The number of alkyl halides is 3. The summed E-state index contributed by atoms with van der Waals surface area (Å²) in [7, 11) is 0. The highest BCUT2D eigenvalue weighted by molar-refractivity contribution is 6.34. The Morgan fingerprint density at radius 3 is 1.57 bits per heavy atom. The molecule has 0 spiro atoms. The third kappa shape index (κ3) is 4.32. The number of nitrogens with zero attached hydrogens (tertiary/aromatic N) is 4. The number of nitrogens with one attached hydrogen (secondary N) is 1. The first kappa shape index (κ1) is 22.2.